The SMILES string of the molecule is C=CCc1ccccc1OC(=O)C1CCC(CNC(=N)N)CC1. The van der Waals surface area contributed by atoms with Crippen molar-refractivity contribution in [2.75, 3.05) is 6.54 Å². The zero-order valence-electron chi connectivity index (χ0n) is 13.4. The van der Waals surface area contributed by atoms with Gasteiger partial charge in [-0.2, -0.15) is 0 Å². The van der Waals surface area contributed by atoms with E-state index in [1.54, 1.807) is 6.08 Å². The van der Waals surface area contributed by atoms with Crippen LogP contribution in [0.1, 0.15) is 31.2 Å². The smallest absolute Gasteiger partial charge is 0.314 e. The molecular weight excluding hydrogens is 290 g/mol. The average Bonchev–Trinajstić information content (AvgIpc) is 2.55. The second-order valence-corrected chi connectivity index (χ2v) is 6.03. The molecule has 4 N–H and O–H groups in total. The highest BCUT2D eigenvalue weighted by Gasteiger charge is 2.28. The minimum absolute atomic E-state index is 0.00496. The van der Waals surface area contributed by atoms with Gasteiger partial charge in [0.2, 0.25) is 0 Å². The van der Waals surface area contributed by atoms with Crippen molar-refractivity contribution in [3.63, 3.8) is 0 Å². The quantitative estimate of drug-likeness (QED) is 0.247. The summed E-state index contributed by atoms with van der Waals surface area (Å²) in [7, 11) is 0. The van der Waals surface area contributed by atoms with E-state index in [0.717, 1.165) is 31.2 Å². The van der Waals surface area contributed by atoms with Gasteiger partial charge in [0.25, 0.3) is 0 Å². The predicted octanol–water partition coefficient (Wildman–Crippen LogP) is 2.61. The van der Waals surface area contributed by atoms with Crippen molar-refractivity contribution in [1.29, 1.82) is 5.41 Å². The summed E-state index contributed by atoms with van der Waals surface area (Å²) < 4.78 is 5.61. The van der Waals surface area contributed by atoms with Crippen LogP contribution in [0.15, 0.2) is 36.9 Å². The van der Waals surface area contributed by atoms with E-state index in [1.807, 2.05) is 24.3 Å². The summed E-state index contributed by atoms with van der Waals surface area (Å²) in [5.41, 5.74) is 6.28. The number of nitrogens with two attached hydrogens (primary N) is 1. The number of hydrogen-bond acceptors (Lipinski definition) is 3. The van der Waals surface area contributed by atoms with Crippen molar-refractivity contribution in [1.82, 2.24) is 5.32 Å². The fourth-order valence-corrected chi connectivity index (χ4v) is 2.98. The highest BCUT2D eigenvalue weighted by atomic mass is 16.5. The van der Waals surface area contributed by atoms with Gasteiger partial charge in [-0.15, -0.1) is 6.58 Å². The van der Waals surface area contributed by atoms with Crippen LogP contribution in [0.4, 0.5) is 0 Å². The Morgan fingerprint density at radius 2 is 2.04 bits per heavy atom. The molecule has 124 valence electrons. The van der Waals surface area contributed by atoms with Crippen LogP contribution < -0.4 is 15.8 Å². The fraction of sp³-hybridized carbons (Fsp3) is 0.444. The number of guanidine groups is 1. The number of allylic oxidation sites excluding steroid dienone is 1. The molecule has 0 saturated heterocycles. The largest absolute Gasteiger partial charge is 0.426 e. The third kappa shape index (κ3) is 5.13. The zero-order valence-corrected chi connectivity index (χ0v) is 13.4. The lowest BCUT2D eigenvalue weighted by Gasteiger charge is -2.27. The van der Waals surface area contributed by atoms with Crippen LogP contribution in [0, 0.1) is 17.2 Å². The topological polar surface area (TPSA) is 88.2 Å². The Balaban J connectivity index is 1.86. The van der Waals surface area contributed by atoms with Crippen LogP contribution in [0.25, 0.3) is 0 Å². The number of carbonyl (C=O) groups is 1. The van der Waals surface area contributed by atoms with E-state index < -0.39 is 0 Å². The summed E-state index contributed by atoms with van der Waals surface area (Å²) in [4.78, 5) is 12.4. The van der Waals surface area contributed by atoms with Crippen molar-refractivity contribution >= 4 is 11.9 Å². The number of esters is 1. The second-order valence-electron chi connectivity index (χ2n) is 6.03. The highest BCUT2D eigenvalue weighted by molar-refractivity contribution is 5.75. The number of carbonyl (C=O) groups excluding carboxylic acids is 1. The van der Waals surface area contributed by atoms with Gasteiger partial charge in [-0.3, -0.25) is 10.2 Å². The molecule has 1 saturated carbocycles. The normalized spacial score (nSPS) is 20.5. The molecule has 0 heterocycles. The van der Waals surface area contributed by atoms with Gasteiger partial charge >= 0.3 is 5.97 Å². The predicted molar refractivity (Wildman–Crippen MR) is 91.3 cm³/mol. The lowest BCUT2D eigenvalue weighted by Crippen LogP contribution is -2.36. The summed E-state index contributed by atoms with van der Waals surface area (Å²) >= 11 is 0. The first-order valence-corrected chi connectivity index (χ1v) is 8.08. The molecule has 1 aliphatic rings. The summed E-state index contributed by atoms with van der Waals surface area (Å²) in [6.07, 6.45) is 6.05. The number of hydrogen-bond donors (Lipinski definition) is 3. The third-order valence-corrected chi connectivity index (χ3v) is 4.31. The van der Waals surface area contributed by atoms with Gasteiger partial charge in [0.05, 0.1) is 5.92 Å². The molecule has 0 bridgehead atoms. The minimum atomic E-state index is -0.139. The number of benzene rings is 1. The van der Waals surface area contributed by atoms with Crippen LogP contribution in [0.5, 0.6) is 5.75 Å². The first kappa shape index (κ1) is 17.1. The van der Waals surface area contributed by atoms with Crippen molar-refractivity contribution in [2.24, 2.45) is 17.6 Å². The maximum Gasteiger partial charge on any atom is 0.314 e. The Hall–Kier alpha value is -2.30. The molecule has 0 aliphatic heterocycles. The molecule has 0 radical (unpaired) electrons. The highest BCUT2D eigenvalue weighted by Crippen LogP contribution is 2.30. The molecule has 0 amide bonds. The molecule has 5 nitrogen and oxygen atoms in total. The number of nitrogens with one attached hydrogen (secondary N) is 2. The van der Waals surface area contributed by atoms with Crippen molar-refractivity contribution in [3.05, 3.63) is 42.5 Å². The van der Waals surface area contributed by atoms with Crippen molar-refractivity contribution in [2.45, 2.75) is 32.1 Å². The van der Waals surface area contributed by atoms with E-state index >= 15 is 0 Å². The third-order valence-electron chi connectivity index (χ3n) is 4.31. The van der Waals surface area contributed by atoms with E-state index in [4.69, 9.17) is 15.9 Å². The molecule has 2 rings (SSSR count). The lowest BCUT2D eigenvalue weighted by molar-refractivity contribution is -0.140. The van der Waals surface area contributed by atoms with E-state index in [1.165, 1.54) is 0 Å². The fourth-order valence-electron chi connectivity index (χ4n) is 2.98. The van der Waals surface area contributed by atoms with Gasteiger partial charge in [-0.25, -0.2) is 0 Å². The molecule has 0 atom stereocenters. The van der Waals surface area contributed by atoms with E-state index in [0.29, 0.717) is 24.6 Å². The van der Waals surface area contributed by atoms with Crippen LogP contribution >= 0.6 is 0 Å². The molecule has 23 heavy (non-hydrogen) atoms. The summed E-state index contributed by atoms with van der Waals surface area (Å²) in [5.74, 6) is 0.930. The van der Waals surface area contributed by atoms with Gasteiger partial charge in [-0.1, -0.05) is 24.3 Å². The van der Waals surface area contributed by atoms with Crippen LogP contribution in [0.3, 0.4) is 0 Å². The summed E-state index contributed by atoms with van der Waals surface area (Å²) in [5, 5.41) is 10.0. The summed E-state index contributed by atoms with van der Waals surface area (Å²) in [6, 6.07) is 7.59. The van der Waals surface area contributed by atoms with Gasteiger partial charge < -0.3 is 15.8 Å². The molecular formula is C18H25N3O2. The first-order valence-electron chi connectivity index (χ1n) is 8.08. The molecule has 1 aromatic carbocycles. The number of ether oxygens (including phenoxy) is 1. The van der Waals surface area contributed by atoms with Crippen molar-refractivity contribution < 1.29 is 9.53 Å². The molecule has 0 aromatic heterocycles. The van der Waals surface area contributed by atoms with E-state index in [2.05, 4.69) is 11.9 Å². The van der Waals surface area contributed by atoms with E-state index in [9.17, 15) is 4.79 Å². The molecule has 0 unspecified atom stereocenters. The maximum atomic E-state index is 12.4. The molecule has 5 heteroatoms. The first-order chi connectivity index (χ1) is 11.1. The second kappa shape index (κ2) is 8.36. The molecule has 1 aliphatic carbocycles. The Morgan fingerprint density at radius 3 is 2.70 bits per heavy atom. The lowest BCUT2D eigenvalue weighted by atomic mass is 9.82. The minimum Gasteiger partial charge on any atom is -0.426 e. The van der Waals surface area contributed by atoms with Gasteiger partial charge in [-0.05, 0) is 49.7 Å². The zero-order chi connectivity index (χ0) is 16.7. The monoisotopic (exact) mass is 315 g/mol. The van der Waals surface area contributed by atoms with Crippen LogP contribution in [-0.4, -0.2) is 18.5 Å². The number of para-hydroxylation sites is 1. The Morgan fingerprint density at radius 1 is 1.35 bits per heavy atom. The van der Waals surface area contributed by atoms with Gasteiger partial charge in [0.1, 0.15) is 5.75 Å². The molecule has 0 spiro atoms. The van der Waals surface area contributed by atoms with Crippen molar-refractivity contribution in [3.8, 4) is 5.75 Å². The summed E-state index contributed by atoms with van der Waals surface area (Å²) in [6.45, 7) is 4.44. The molecule has 1 fully saturated rings. The van der Waals surface area contributed by atoms with Gasteiger partial charge in [0.15, 0.2) is 5.96 Å². The Labute approximate surface area is 137 Å². The Kier molecular flexibility index (Phi) is 6.20. The van der Waals surface area contributed by atoms with E-state index in [-0.39, 0.29) is 17.8 Å². The maximum absolute atomic E-state index is 12.4. The average molecular weight is 315 g/mol. The van der Waals surface area contributed by atoms with Crippen LogP contribution in [-0.2, 0) is 11.2 Å². The standard InChI is InChI=1S/C18H25N3O2/c1-2-5-14-6-3-4-7-16(14)23-17(22)15-10-8-13(9-11-15)12-21-18(19)20/h2-4,6-7,13,15H,1,5,8-12H2,(H4,19,20,21). The van der Waals surface area contributed by atoms with Gasteiger partial charge in [0, 0.05) is 6.54 Å². The Bertz CT molecular complexity index is 563. The van der Waals surface area contributed by atoms with Crippen LogP contribution in [0.2, 0.25) is 0 Å². The molecule has 1 aromatic rings. The number of rotatable bonds is 6.